The molecule has 0 spiro atoms. The van der Waals surface area contributed by atoms with Crippen LogP contribution in [-0.2, 0) is 0 Å². The second-order valence-electron chi connectivity index (χ2n) is 4.45. The number of aromatic nitrogens is 2. The maximum absolute atomic E-state index is 12.2. The summed E-state index contributed by atoms with van der Waals surface area (Å²) in [5.41, 5.74) is 1.04. The highest BCUT2D eigenvalue weighted by molar-refractivity contribution is 7.17. The Morgan fingerprint density at radius 2 is 2.19 bits per heavy atom. The normalized spacial score (nSPS) is 10.5. The largest absolute Gasteiger partial charge is 0.369 e. The molecule has 0 atom stereocenters. The van der Waals surface area contributed by atoms with Crippen LogP contribution in [0.4, 0.5) is 11.5 Å². The molecule has 0 saturated carbocycles. The molecular formula is C15H14N4OS. The fourth-order valence-electron chi connectivity index (χ4n) is 1.98. The third-order valence-electron chi connectivity index (χ3n) is 2.94. The van der Waals surface area contributed by atoms with Crippen LogP contribution in [0.25, 0.3) is 10.1 Å². The van der Waals surface area contributed by atoms with Crippen LogP contribution in [0.5, 0.6) is 0 Å². The molecule has 0 aliphatic carbocycles. The smallest absolute Gasteiger partial charge is 0.275 e. The minimum Gasteiger partial charge on any atom is -0.369 e. The van der Waals surface area contributed by atoms with E-state index < -0.39 is 0 Å². The SMILES string of the molecule is CCNc1cncc(C(=O)Nc2ccc3sccc3c2)n1. The Balaban J connectivity index is 1.80. The van der Waals surface area contributed by atoms with E-state index in [1.165, 1.54) is 10.9 Å². The van der Waals surface area contributed by atoms with Gasteiger partial charge in [-0.05, 0) is 42.0 Å². The molecule has 5 nitrogen and oxygen atoms in total. The van der Waals surface area contributed by atoms with Crippen molar-refractivity contribution in [2.45, 2.75) is 6.92 Å². The molecule has 0 unspecified atom stereocenters. The Kier molecular flexibility index (Phi) is 3.79. The first kappa shape index (κ1) is 13.5. The summed E-state index contributed by atoms with van der Waals surface area (Å²) in [5, 5.41) is 9.03. The van der Waals surface area contributed by atoms with Gasteiger partial charge in [0, 0.05) is 16.9 Å². The summed E-state index contributed by atoms with van der Waals surface area (Å²) in [5.74, 6) is 0.329. The molecule has 1 aromatic carbocycles. The molecule has 6 heteroatoms. The fourth-order valence-corrected chi connectivity index (χ4v) is 2.75. The third-order valence-corrected chi connectivity index (χ3v) is 3.83. The fraction of sp³-hybridized carbons (Fsp3) is 0.133. The lowest BCUT2D eigenvalue weighted by Crippen LogP contribution is -2.15. The van der Waals surface area contributed by atoms with Gasteiger partial charge < -0.3 is 10.6 Å². The summed E-state index contributed by atoms with van der Waals surface area (Å²) in [6.45, 7) is 2.69. The number of carbonyl (C=O) groups is 1. The molecule has 2 heterocycles. The quantitative estimate of drug-likeness (QED) is 0.775. The van der Waals surface area contributed by atoms with Crippen molar-refractivity contribution in [3.8, 4) is 0 Å². The summed E-state index contributed by atoms with van der Waals surface area (Å²) >= 11 is 1.68. The first-order valence-electron chi connectivity index (χ1n) is 6.61. The Hall–Kier alpha value is -2.47. The number of hydrogen-bond donors (Lipinski definition) is 2. The first-order valence-corrected chi connectivity index (χ1v) is 7.49. The number of anilines is 2. The van der Waals surface area contributed by atoms with Gasteiger partial charge in [0.25, 0.3) is 5.91 Å². The van der Waals surface area contributed by atoms with Crippen molar-refractivity contribution < 1.29 is 4.79 Å². The Morgan fingerprint density at radius 3 is 3.05 bits per heavy atom. The highest BCUT2D eigenvalue weighted by Gasteiger charge is 2.09. The number of benzene rings is 1. The van der Waals surface area contributed by atoms with Crippen LogP contribution >= 0.6 is 11.3 Å². The van der Waals surface area contributed by atoms with E-state index in [4.69, 9.17) is 0 Å². The molecule has 0 saturated heterocycles. The zero-order valence-corrected chi connectivity index (χ0v) is 12.3. The third kappa shape index (κ3) is 3.00. The molecule has 2 N–H and O–H groups in total. The van der Waals surface area contributed by atoms with E-state index in [2.05, 4.69) is 20.6 Å². The second-order valence-corrected chi connectivity index (χ2v) is 5.39. The van der Waals surface area contributed by atoms with E-state index in [9.17, 15) is 4.79 Å². The molecule has 106 valence electrons. The van der Waals surface area contributed by atoms with Crippen LogP contribution in [0.1, 0.15) is 17.4 Å². The van der Waals surface area contributed by atoms with Crippen molar-refractivity contribution in [2.24, 2.45) is 0 Å². The predicted octanol–water partition coefficient (Wildman–Crippen LogP) is 3.38. The number of rotatable bonds is 4. The van der Waals surface area contributed by atoms with E-state index in [1.54, 1.807) is 17.5 Å². The number of fused-ring (bicyclic) bond motifs is 1. The van der Waals surface area contributed by atoms with E-state index in [0.29, 0.717) is 11.5 Å². The van der Waals surface area contributed by atoms with Crippen LogP contribution in [0, 0.1) is 0 Å². The minimum absolute atomic E-state index is 0.267. The lowest BCUT2D eigenvalue weighted by atomic mass is 10.2. The summed E-state index contributed by atoms with van der Waals surface area (Å²) in [4.78, 5) is 20.5. The van der Waals surface area contributed by atoms with Gasteiger partial charge in [-0.3, -0.25) is 9.78 Å². The van der Waals surface area contributed by atoms with E-state index >= 15 is 0 Å². The van der Waals surface area contributed by atoms with Gasteiger partial charge in [-0.25, -0.2) is 4.98 Å². The van der Waals surface area contributed by atoms with Gasteiger partial charge in [-0.1, -0.05) is 0 Å². The predicted molar refractivity (Wildman–Crippen MR) is 86.0 cm³/mol. The Morgan fingerprint density at radius 1 is 1.29 bits per heavy atom. The topological polar surface area (TPSA) is 66.9 Å². The molecule has 3 aromatic rings. The van der Waals surface area contributed by atoms with Gasteiger partial charge in [-0.15, -0.1) is 11.3 Å². The van der Waals surface area contributed by atoms with Crippen LogP contribution in [0.2, 0.25) is 0 Å². The molecule has 0 bridgehead atoms. The van der Waals surface area contributed by atoms with Gasteiger partial charge in [-0.2, -0.15) is 0 Å². The van der Waals surface area contributed by atoms with E-state index in [0.717, 1.165) is 17.6 Å². The Bertz CT molecular complexity index is 784. The van der Waals surface area contributed by atoms with Gasteiger partial charge in [0.05, 0.1) is 12.4 Å². The van der Waals surface area contributed by atoms with E-state index in [1.807, 2.05) is 36.6 Å². The van der Waals surface area contributed by atoms with Crippen molar-refractivity contribution in [3.05, 3.63) is 47.7 Å². The van der Waals surface area contributed by atoms with Crippen LogP contribution in [0.3, 0.4) is 0 Å². The van der Waals surface area contributed by atoms with Gasteiger partial charge in [0.1, 0.15) is 11.5 Å². The average Bonchev–Trinajstić information content (AvgIpc) is 2.95. The monoisotopic (exact) mass is 298 g/mol. The highest BCUT2D eigenvalue weighted by atomic mass is 32.1. The van der Waals surface area contributed by atoms with Gasteiger partial charge >= 0.3 is 0 Å². The Labute approximate surface area is 126 Å². The average molecular weight is 298 g/mol. The number of amides is 1. The van der Waals surface area contributed by atoms with Gasteiger partial charge in [0.2, 0.25) is 0 Å². The van der Waals surface area contributed by atoms with Gasteiger partial charge in [0.15, 0.2) is 0 Å². The number of carbonyl (C=O) groups excluding carboxylic acids is 1. The van der Waals surface area contributed by atoms with E-state index in [-0.39, 0.29) is 5.91 Å². The van der Waals surface area contributed by atoms with Crippen molar-refractivity contribution in [3.63, 3.8) is 0 Å². The standard InChI is InChI=1S/C15H14N4OS/c1-2-17-14-9-16-8-12(19-14)15(20)18-11-3-4-13-10(7-11)5-6-21-13/h3-9H,2H2,1H3,(H,17,19)(H,18,20). The zero-order valence-electron chi connectivity index (χ0n) is 11.5. The molecule has 0 aliphatic heterocycles. The molecule has 3 rings (SSSR count). The summed E-state index contributed by atoms with van der Waals surface area (Å²) in [7, 11) is 0. The number of hydrogen-bond acceptors (Lipinski definition) is 5. The first-order chi connectivity index (χ1) is 10.3. The maximum atomic E-state index is 12.2. The molecular weight excluding hydrogens is 284 g/mol. The molecule has 0 fully saturated rings. The maximum Gasteiger partial charge on any atom is 0.275 e. The molecule has 1 amide bonds. The highest BCUT2D eigenvalue weighted by Crippen LogP contribution is 2.24. The van der Waals surface area contributed by atoms with Crippen molar-refractivity contribution >= 4 is 38.8 Å². The van der Waals surface area contributed by atoms with Crippen molar-refractivity contribution in [2.75, 3.05) is 17.2 Å². The van der Waals surface area contributed by atoms with Crippen molar-refractivity contribution in [1.29, 1.82) is 0 Å². The molecule has 21 heavy (non-hydrogen) atoms. The summed E-state index contributed by atoms with van der Waals surface area (Å²) in [6, 6.07) is 7.86. The van der Waals surface area contributed by atoms with Crippen LogP contribution in [0.15, 0.2) is 42.0 Å². The molecule has 0 radical (unpaired) electrons. The number of nitrogens with zero attached hydrogens (tertiary/aromatic N) is 2. The number of thiophene rings is 1. The zero-order chi connectivity index (χ0) is 14.7. The molecule has 0 aliphatic rings. The minimum atomic E-state index is -0.267. The molecule has 2 aromatic heterocycles. The van der Waals surface area contributed by atoms with Crippen LogP contribution < -0.4 is 10.6 Å². The summed E-state index contributed by atoms with van der Waals surface area (Å²) < 4.78 is 1.20. The summed E-state index contributed by atoms with van der Waals surface area (Å²) in [6.07, 6.45) is 3.05. The lowest BCUT2D eigenvalue weighted by molar-refractivity contribution is 0.102. The van der Waals surface area contributed by atoms with Crippen LogP contribution in [-0.4, -0.2) is 22.4 Å². The second kappa shape index (κ2) is 5.88. The number of nitrogens with one attached hydrogen (secondary N) is 2. The lowest BCUT2D eigenvalue weighted by Gasteiger charge is -2.06. The van der Waals surface area contributed by atoms with Crippen molar-refractivity contribution in [1.82, 2.24) is 9.97 Å².